The van der Waals surface area contributed by atoms with Crippen LogP contribution in [0, 0.1) is 0 Å². The van der Waals surface area contributed by atoms with Gasteiger partial charge in [0.2, 0.25) is 5.91 Å². The minimum Gasteiger partial charge on any atom is -0.387 e. The van der Waals surface area contributed by atoms with Crippen molar-refractivity contribution >= 4 is 17.3 Å². The molecule has 1 amide bonds. The van der Waals surface area contributed by atoms with Crippen molar-refractivity contribution in [3.8, 4) is 0 Å². The van der Waals surface area contributed by atoms with Crippen molar-refractivity contribution in [3.05, 3.63) is 24.3 Å². The Bertz CT molecular complexity index is 506. The van der Waals surface area contributed by atoms with Gasteiger partial charge in [-0.05, 0) is 50.4 Å². The summed E-state index contributed by atoms with van der Waals surface area (Å²) in [4.78, 5) is 13.8. The van der Waals surface area contributed by atoms with E-state index in [4.69, 9.17) is 5.11 Å². The van der Waals surface area contributed by atoms with E-state index in [1.54, 1.807) is 0 Å². The van der Waals surface area contributed by atoms with Gasteiger partial charge in [-0.2, -0.15) is 0 Å². The van der Waals surface area contributed by atoms with Gasteiger partial charge < -0.3 is 20.6 Å². The van der Waals surface area contributed by atoms with Crippen molar-refractivity contribution in [1.29, 1.82) is 0 Å². The summed E-state index contributed by atoms with van der Waals surface area (Å²) in [6.07, 6.45) is 5.03. The van der Waals surface area contributed by atoms with Crippen LogP contribution < -0.4 is 10.6 Å². The van der Waals surface area contributed by atoms with Gasteiger partial charge in [-0.1, -0.05) is 6.07 Å². The van der Waals surface area contributed by atoms with E-state index in [0.29, 0.717) is 6.04 Å². The molecule has 0 spiro atoms. The number of anilines is 2. The van der Waals surface area contributed by atoms with Crippen molar-refractivity contribution in [1.82, 2.24) is 4.90 Å². The van der Waals surface area contributed by atoms with Crippen LogP contribution in [0.4, 0.5) is 11.4 Å². The van der Waals surface area contributed by atoms with Gasteiger partial charge in [0.05, 0.1) is 0 Å². The van der Waals surface area contributed by atoms with Crippen molar-refractivity contribution in [2.75, 3.05) is 30.3 Å². The summed E-state index contributed by atoms with van der Waals surface area (Å²) in [7, 11) is 0. The maximum Gasteiger partial charge on any atom is 0.250 e. The number of aliphatic hydroxyl groups is 1. The lowest BCUT2D eigenvalue weighted by Crippen LogP contribution is -2.42. The Morgan fingerprint density at radius 3 is 3.00 bits per heavy atom. The second-order valence-electron chi connectivity index (χ2n) is 5.98. The quantitative estimate of drug-likeness (QED) is 0.789. The van der Waals surface area contributed by atoms with Crippen molar-refractivity contribution < 1.29 is 9.90 Å². The van der Waals surface area contributed by atoms with Gasteiger partial charge in [0, 0.05) is 30.0 Å². The number of aliphatic hydroxyl groups excluding tert-OH is 1. The van der Waals surface area contributed by atoms with Gasteiger partial charge in [0.25, 0.3) is 0 Å². The number of nitrogens with one attached hydrogen (secondary N) is 2. The van der Waals surface area contributed by atoms with Crippen LogP contribution in [0.2, 0.25) is 0 Å². The summed E-state index contributed by atoms with van der Waals surface area (Å²) in [5, 5.41) is 15.0. The van der Waals surface area contributed by atoms with Crippen LogP contribution in [0.25, 0.3) is 0 Å². The zero-order valence-electron chi connectivity index (χ0n) is 12.2. The first-order chi connectivity index (χ1) is 10.2. The smallest absolute Gasteiger partial charge is 0.250 e. The average molecular weight is 289 g/mol. The van der Waals surface area contributed by atoms with Crippen LogP contribution in [0.3, 0.4) is 0 Å². The fraction of sp³-hybridized carbons (Fsp3) is 0.562. The summed E-state index contributed by atoms with van der Waals surface area (Å²) in [5.74, 6) is -0.383. The molecule has 0 aliphatic carbocycles. The van der Waals surface area contributed by atoms with E-state index in [-0.39, 0.29) is 5.91 Å². The first-order valence-electron chi connectivity index (χ1n) is 7.76. The minimum atomic E-state index is -0.488. The molecule has 0 bridgehead atoms. The number of piperidine rings is 1. The Morgan fingerprint density at radius 2 is 2.14 bits per heavy atom. The second-order valence-corrected chi connectivity index (χ2v) is 5.98. The molecule has 3 rings (SSSR count). The first kappa shape index (κ1) is 14.4. The van der Waals surface area contributed by atoms with Crippen LogP contribution in [0.1, 0.15) is 25.7 Å². The monoisotopic (exact) mass is 289 g/mol. The van der Waals surface area contributed by atoms with E-state index in [1.165, 1.54) is 38.8 Å². The highest BCUT2D eigenvalue weighted by molar-refractivity contribution is 5.91. The third-order valence-corrected chi connectivity index (χ3v) is 4.48. The normalized spacial score (nSPS) is 25.4. The largest absolute Gasteiger partial charge is 0.387 e. The first-order valence-corrected chi connectivity index (χ1v) is 7.76. The molecule has 0 saturated carbocycles. The number of amides is 1. The van der Waals surface area contributed by atoms with Gasteiger partial charge in [0.1, 0.15) is 6.61 Å². The number of hydrogen-bond acceptors (Lipinski definition) is 4. The zero-order chi connectivity index (χ0) is 14.7. The Kier molecular flexibility index (Phi) is 4.41. The number of rotatable bonds is 4. The van der Waals surface area contributed by atoms with E-state index in [9.17, 15) is 4.79 Å². The Hall–Kier alpha value is -1.59. The standard InChI is InChI=1S/C16H23N3O2/c20-11-16(21)18-13-4-1-3-12(9-13)17-14-6-8-19-7-2-5-15(19)10-14/h1,3-4,9,14-15,17,20H,2,5-8,10-11H2,(H,18,21). The number of benzene rings is 1. The van der Waals surface area contributed by atoms with Gasteiger partial charge in [-0.3, -0.25) is 4.79 Å². The molecule has 2 aliphatic heterocycles. The molecular weight excluding hydrogens is 266 g/mol. The number of carbonyl (C=O) groups excluding carboxylic acids is 1. The number of hydrogen-bond donors (Lipinski definition) is 3. The average Bonchev–Trinajstić information content (AvgIpc) is 2.95. The van der Waals surface area contributed by atoms with Crippen LogP contribution in [-0.4, -0.2) is 47.7 Å². The summed E-state index contributed by atoms with van der Waals surface area (Å²) in [6, 6.07) is 8.95. The van der Waals surface area contributed by atoms with Crippen LogP contribution >= 0.6 is 0 Å². The van der Waals surface area contributed by atoms with E-state index in [1.807, 2.05) is 24.3 Å². The number of fused-ring (bicyclic) bond motifs is 1. The molecule has 2 unspecified atom stereocenters. The summed E-state index contributed by atoms with van der Waals surface area (Å²) in [6.45, 7) is 1.96. The molecule has 21 heavy (non-hydrogen) atoms. The molecule has 0 radical (unpaired) electrons. The molecule has 2 fully saturated rings. The van der Waals surface area contributed by atoms with E-state index in [0.717, 1.165) is 17.4 Å². The van der Waals surface area contributed by atoms with Gasteiger partial charge in [0.15, 0.2) is 0 Å². The Labute approximate surface area is 125 Å². The minimum absolute atomic E-state index is 0.383. The lowest BCUT2D eigenvalue weighted by Gasteiger charge is -2.35. The summed E-state index contributed by atoms with van der Waals surface area (Å²) in [5.41, 5.74) is 1.75. The molecule has 2 heterocycles. The van der Waals surface area contributed by atoms with E-state index in [2.05, 4.69) is 15.5 Å². The molecule has 114 valence electrons. The maximum atomic E-state index is 11.2. The predicted molar refractivity (Wildman–Crippen MR) is 83.4 cm³/mol. The molecule has 5 heteroatoms. The SMILES string of the molecule is O=C(CO)Nc1cccc(NC2CCN3CCCC3C2)c1. The van der Waals surface area contributed by atoms with Crippen LogP contribution in [-0.2, 0) is 4.79 Å². The van der Waals surface area contributed by atoms with Crippen molar-refractivity contribution in [2.45, 2.75) is 37.8 Å². The highest BCUT2D eigenvalue weighted by Crippen LogP contribution is 2.28. The highest BCUT2D eigenvalue weighted by Gasteiger charge is 2.31. The lowest BCUT2D eigenvalue weighted by molar-refractivity contribution is -0.118. The van der Waals surface area contributed by atoms with Crippen molar-refractivity contribution in [2.24, 2.45) is 0 Å². The maximum absolute atomic E-state index is 11.2. The summed E-state index contributed by atoms with van der Waals surface area (Å²) >= 11 is 0. The Morgan fingerprint density at radius 1 is 1.29 bits per heavy atom. The molecule has 1 aromatic rings. The molecular formula is C16H23N3O2. The molecule has 5 nitrogen and oxygen atoms in total. The summed E-state index contributed by atoms with van der Waals surface area (Å²) < 4.78 is 0. The number of carbonyl (C=O) groups is 1. The van der Waals surface area contributed by atoms with Gasteiger partial charge in [-0.15, -0.1) is 0 Å². The molecule has 3 N–H and O–H groups in total. The van der Waals surface area contributed by atoms with Gasteiger partial charge >= 0.3 is 0 Å². The molecule has 2 atom stereocenters. The second kappa shape index (κ2) is 6.45. The fourth-order valence-corrected chi connectivity index (χ4v) is 3.48. The molecule has 0 aromatic heterocycles. The lowest BCUT2D eigenvalue weighted by atomic mass is 9.97. The highest BCUT2D eigenvalue weighted by atomic mass is 16.3. The van der Waals surface area contributed by atoms with E-state index >= 15 is 0 Å². The molecule has 2 saturated heterocycles. The topological polar surface area (TPSA) is 64.6 Å². The Balaban J connectivity index is 1.59. The van der Waals surface area contributed by atoms with Crippen LogP contribution in [0.15, 0.2) is 24.3 Å². The number of nitrogens with zero attached hydrogens (tertiary/aromatic N) is 1. The fourth-order valence-electron chi connectivity index (χ4n) is 3.48. The van der Waals surface area contributed by atoms with E-state index < -0.39 is 6.61 Å². The molecule has 1 aromatic carbocycles. The van der Waals surface area contributed by atoms with Gasteiger partial charge in [-0.25, -0.2) is 0 Å². The third kappa shape index (κ3) is 3.54. The third-order valence-electron chi connectivity index (χ3n) is 4.48. The molecule has 2 aliphatic rings. The van der Waals surface area contributed by atoms with Crippen molar-refractivity contribution in [3.63, 3.8) is 0 Å². The van der Waals surface area contributed by atoms with Crippen LogP contribution in [0.5, 0.6) is 0 Å². The predicted octanol–water partition coefficient (Wildman–Crippen LogP) is 1.66. The zero-order valence-corrected chi connectivity index (χ0v) is 12.2.